The molecule has 0 amide bonds. The minimum atomic E-state index is -0.302. The van der Waals surface area contributed by atoms with Crippen LogP contribution in [0, 0.1) is 0 Å². The van der Waals surface area contributed by atoms with E-state index in [0.29, 0.717) is 29.1 Å². The first-order valence-electron chi connectivity index (χ1n) is 5.57. The van der Waals surface area contributed by atoms with Gasteiger partial charge in [0.1, 0.15) is 5.52 Å². The van der Waals surface area contributed by atoms with Gasteiger partial charge >= 0.3 is 5.97 Å². The summed E-state index contributed by atoms with van der Waals surface area (Å²) in [7, 11) is 0. The summed E-state index contributed by atoms with van der Waals surface area (Å²) < 4.78 is 5.28. The predicted octanol–water partition coefficient (Wildman–Crippen LogP) is 3.76. The number of allylic oxidation sites excluding steroid dienone is 1. The van der Waals surface area contributed by atoms with Crippen LogP contribution in [0.1, 0.15) is 12.8 Å². The zero-order valence-corrected chi connectivity index (χ0v) is 10.5. The van der Waals surface area contributed by atoms with E-state index in [2.05, 4.69) is 11.6 Å². The highest BCUT2D eigenvalue weighted by Gasteiger charge is 2.10. The third-order valence-electron chi connectivity index (χ3n) is 2.46. The van der Waals surface area contributed by atoms with Gasteiger partial charge in [0.05, 0.1) is 5.02 Å². The highest BCUT2D eigenvalue weighted by Crippen LogP contribution is 2.29. The topological polar surface area (TPSA) is 39.2 Å². The van der Waals surface area contributed by atoms with Crippen LogP contribution in [0.15, 0.2) is 43.1 Å². The summed E-state index contributed by atoms with van der Waals surface area (Å²) in [6.45, 7) is 3.56. The molecule has 0 aliphatic heterocycles. The molecule has 0 N–H and O–H groups in total. The molecule has 0 bridgehead atoms. The summed E-state index contributed by atoms with van der Waals surface area (Å²) in [5.41, 5.74) is 0.594. The molecule has 4 heteroatoms. The van der Waals surface area contributed by atoms with Gasteiger partial charge in [0.2, 0.25) is 0 Å². The summed E-state index contributed by atoms with van der Waals surface area (Å²) in [4.78, 5) is 15.8. The maximum Gasteiger partial charge on any atom is 0.311 e. The van der Waals surface area contributed by atoms with Gasteiger partial charge in [0.15, 0.2) is 5.75 Å². The van der Waals surface area contributed by atoms with E-state index in [0.717, 1.165) is 5.39 Å². The monoisotopic (exact) mass is 261 g/mol. The van der Waals surface area contributed by atoms with Crippen LogP contribution >= 0.6 is 11.6 Å². The number of carbonyl (C=O) groups is 1. The van der Waals surface area contributed by atoms with Crippen LogP contribution < -0.4 is 4.74 Å². The van der Waals surface area contributed by atoms with E-state index in [4.69, 9.17) is 16.3 Å². The zero-order chi connectivity index (χ0) is 13.0. The van der Waals surface area contributed by atoms with Crippen molar-refractivity contribution in [2.24, 2.45) is 0 Å². The van der Waals surface area contributed by atoms with Crippen molar-refractivity contribution in [3.05, 3.63) is 48.1 Å². The number of benzene rings is 1. The number of ether oxygens (including phenoxy) is 1. The number of hydrogen-bond donors (Lipinski definition) is 0. The Bertz CT molecular complexity index is 595. The van der Waals surface area contributed by atoms with Crippen LogP contribution in [0.25, 0.3) is 10.9 Å². The van der Waals surface area contributed by atoms with Gasteiger partial charge < -0.3 is 4.74 Å². The molecule has 0 saturated carbocycles. The van der Waals surface area contributed by atoms with Crippen molar-refractivity contribution in [3.8, 4) is 5.75 Å². The van der Waals surface area contributed by atoms with Crippen molar-refractivity contribution >= 4 is 28.5 Å². The lowest BCUT2D eigenvalue weighted by Gasteiger charge is -2.07. The fourth-order valence-electron chi connectivity index (χ4n) is 1.59. The summed E-state index contributed by atoms with van der Waals surface area (Å²) >= 11 is 6.06. The van der Waals surface area contributed by atoms with Crippen molar-refractivity contribution in [2.75, 3.05) is 0 Å². The van der Waals surface area contributed by atoms with Crippen molar-refractivity contribution < 1.29 is 9.53 Å². The number of halogens is 1. The molecule has 1 aromatic heterocycles. The van der Waals surface area contributed by atoms with Crippen LogP contribution in [0.3, 0.4) is 0 Å². The molecule has 0 aliphatic rings. The van der Waals surface area contributed by atoms with E-state index in [1.807, 2.05) is 6.07 Å². The molecular weight excluding hydrogens is 250 g/mol. The highest BCUT2D eigenvalue weighted by atomic mass is 35.5. The molecular formula is C14H12ClNO2. The molecule has 2 aromatic rings. The van der Waals surface area contributed by atoms with Crippen molar-refractivity contribution in [2.45, 2.75) is 12.8 Å². The fraction of sp³-hybridized carbons (Fsp3) is 0.143. The Morgan fingerprint density at radius 1 is 1.44 bits per heavy atom. The second-order valence-electron chi connectivity index (χ2n) is 3.75. The smallest absolute Gasteiger partial charge is 0.311 e. The van der Waals surface area contributed by atoms with Gasteiger partial charge in [0, 0.05) is 18.0 Å². The van der Waals surface area contributed by atoms with E-state index < -0.39 is 0 Å². The molecule has 0 aliphatic carbocycles. The van der Waals surface area contributed by atoms with Crippen LogP contribution in [0.4, 0.5) is 0 Å². The molecule has 18 heavy (non-hydrogen) atoms. The number of fused-ring (bicyclic) bond motifs is 1. The minimum Gasteiger partial charge on any atom is -0.424 e. The Morgan fingerprint density at radius 2 is 2.28 bits per heavy atom. The lowest BCUT2D eigenvalue weighted by atomic mass is 10.2. The summed E-state index contributed by atoms with van der Waals surface area (Å²) in [6.07, 6.45) is 4.22. The van der Waals surface area contributed by atoms with E-state index in [-0.39, 0.29) is 5.97 Å². The molecule has 0 spiro atoms. The molecule has 3 nitrogen and oxygen atoms in total. The number of hydrogen-bond acceptors (Lipinski definition) is 3. The third-order valence-corrected chi connectivity index (χ3v) is 2.79. The lowest BCUT2D eigenvalue weighted by Crippen LogP contribution is -2.07. The Kier molecular flexibility index (Phi) is 3.95. The van der Waals surface area contributed by atoms with Crippen LogP contribution in [0.2, 0.25) is 5.02 Å². The lowest BCUT2D eigenvalue weighted by molar-refractivity contribution is -0.134. The number of carbonyl (C=O) groups excluding carboxylic acids is 1. The highest BCUT2D eigenvalue weighted by molar-refractivity contribution is 6.35. The van der Waals surface area contributed by atoms with Crippen LogP contribution in [0.5, 0.6) is 5.75 Å². The molecule has 2 rings (SSSR count). The van der Waals surface area contributed by atoms with Gasteiger partial charge in [-0.15, -0.1) is 6.58 Å². The van der Waals surface area contributed by atoms with Crippen molar-refractivity contribution in [3.63, 3.8) is 0 Å². The zero-order valence-electron chi connectivity index (χ0n) is 9.73. The maximum absolute atomic E-state index is 11.6. The molecule has 1 heterocycles. The molecule has 0 radical (unpaired) electrons. The van der Waals surface area contributed by atoms with Crippen LogP contribution in [-0.2, 0) is 4.79 Å². The first-order chi connectivity index (χ1) is 8.72. The predicted molar refractivity (Wildman–Crippen MR) is 71.8 cm³/mol. The molecule has 0 atom stereocenters. The van der Waals surface area contributed by atoms with E-state index in [1.54, 1.807) is 30.5 Å². The van der Waals surface area contributed by atoms with Gasteiger partial charge in [-0.3, -0.25) is 9.78 Å². The van der Waals surface area contributed by atoms with Gasteiger partial charge in [-0.1, -0.05) is 17.7 Å². The van der Waals surface area contributed by atoms with Gasteiger partial charge in [0.25, 0.3) is 0 Å². The number of esters is 1. The summed E-state index contributed by atoms with van der Waals surface area (Å²) in [5, 5.41) is 1.36. The average Bonchev–Trinajstić information content (AvgIpc) is 2.40. The Balaban J connectivity index is 2.31. The fourth-order valence-corrected chi connectivity index (χ4v) is 1.80. The molecule has 92 valence electrons. The SMILES string of the molecule is C=CCCC(=O)Oc1ccc(Cl)c2cccnc12. The Labute approximate surface area is 110 Å². The van der Waals surface area contributed by atoms with Gasteiger partial charge in [-0.05, 0) is 30.7 Å². The van der Waals surface area contributed by atoms with Crippen LogP contribution in [-0.4, -0.2) is 11.0 Å². The van der Waals surface area contributed by atoms with E-state index in [9.17, 15) is 4.79 Å². The second-order valence-corrected chi connectivity index (χ2v) is 4.15. The third kappa shape index (κ3) is 2.68. The van der Waals surface area contributed by atoms with Gasteiger partial charge in [-0.2, -0.15) is 0 Å². The first-order valence-corrected chi connectivity index (χ1v) is 5.95. The van der Waals surface area contributed by atoms with Gasteiger partial charge in [-0.25, -0.2) is 0 Å². The largest absolute Gasteiger partial charge is 0.424 e. The maximum atomic E-state index is 11.6. The molecule has 0 unspecified atom stereocenters. The normalized spacial score (nSPS) is 10.3. The van der Waals surface area contributed by atoms with Crippen molar-refractivity contribution in [1.82, 2.24) is 4.98 Å². The Hall–Kier alpha value is -1.87. The number of aromatic nitrogens is 1. The summed E-state index contributed by atoms with van der Waals surface area (Å²) in [5.74, 6) is 0.133. The number of rotatable bonds is 4. The minimum absolute atomic E-state index is 0.302. The first kappa shape index (κ1) is 12.6. The quantitative estimate of drug-likeness (QED) is 0.478. The van der Waals surface area contributed by atoms with E-state index in [1.165, 1.54) is 0 Å². The molecule has 0 saturated heterocycles. The Morgan fingerprint density at radius 3 is 3.06 bits per heavy atom. The standard InChI is InChI=1S/C14H12ClNO2/c1-2-3-6-13(17)18-12-8-7-11(15)10-5-4-9-16-14(10)12/h2,4-5,7-9H,1,3,6H2. The number of nitrogens with zero attached hydrogens (tertiary/aromatic N) is 1. The summed E-state index contributed by atoms with van der Waals surface area (Å²) in [6, 6.07) is 6.98. The van der Waals surface area contributed by atoms with E-state index >= 15 is 0 Å². The molecule has 1 aromatic carbocycles. The van der Waals surface area contributed by atoms with Crippen molar-refractivity contribution in [1.29, 1.82) is 0 Å². The average molecular weight is 262 g/mol. The molecule has 0 fully saturated rings. The second kappa shape index (κ2) is 5.65. The number of pyridine rings is 1.